The molecule has 0 N–H and O–H groups in total. The van der Waals surface area contributed by atoms with Gasteiger partial charge in [0.25, 0.3) is 0 Å². The number of hydrogen-bond donors (Lipinski definition) is 0. The van der Waals surface area contributed by atoms with Crippen LogP contribution in [0.2, 0.25) is 13.1 Å². The lowest BCUT2D eigenvalue weighted by Gasteiger charge is -2.28. The fourth-order valence-electron chi connectivity index (χ4n) is 7.12. The summed E-state index contributed by atoms with van der Waals surface area (Å²) in [4.78, 5) is 4.81. The molecule has 0 aliphatic carbocycles. The third-order valence-electron chi connectivity index (χ3n) is 9.44. The van der Waals surface area contributed by atoms with Crippen molar-refractivity contribution in [3.05, 3.63) is 182 Å². The summed E-state index contributed by atoms with van der Waals surface area (Å²) >= 11 is 0. The average Bonchev–Trinajstić information content (AvgIpc) is 3.37. The predicted octanol–water partition coefficient (Wildman–Crippen LogP) is 11.1. The van der Waals surface area contributed by atoms with Crippen LogP contribution in [-0.2, 0) is 0 Å². The number of rotatable bonds is 7. The highest BCUT2D eigenvalue weighted by Gasteiger charge is 2.40. The summed E-state index contributed by atoms with van der Waals surface area (Å²) in [5.41, 5.74) is 12.2. The molecule has 8 rings (SSSR count). The van der Waals surface area contributed by atoms with Gasteiger partial charge in [-0.1, -0.05) is 128 Å². The summed E-state index contributed by atoms with van der Waals surface area (Å²) in [7, 11) is -2.05. The fourth-order valence-corrected chi connectivity index (χ4v) is 10.2. The molecule has 0 bridgehead atoms. The maximum absolute atomic E-state index is 2.50. The largest absolute Gasteiger partial charge is 0.311 e. The Bertz CT molecular complexity index is 2100. The Labute approximate surface area is 278 Å². The summed E-state index contributed by atoms with van der Waals surface area (Å²) in [6.07, 6.45) is 0. The van der Waals surface area contributed by atoms with Crippen LogP contribution in [0.5, 0.6) is 0 Å². The third kappa shape index (κ3) is 5.15. The maximum atomic E-state index is 2.50. The van der Waals surface area contributed by atoms with Crippen LogP contribution in [0.4, 0.5) is 34.1 Å². The Morgan fingerprint density at radius 1 is 0.362 bits per heavy atom. The summed E-state index contributed by atoms with van der Waals surface area (Å²) in [5.74, 6) is 0. The molecule has 2 nitrogen and oxygen atoms in total. The quantitative estimate of drug-likeness (QED) is 0.164. The van der Waals surface area contributed by atoms with Crippen molar-refractivity contribution >= 4 is 52.6 Å². The Hall–Kier alpha value is -5.64. The average molecular weight is 621 g/mol. The van der Waals surface area contributed by atoms with E-state index in [1.807, 2.05) is 0 Å². The minimum absolute atomic E-state index is 1.14. The van der Waals surface area contributed by atoms with Crippen molar-refractivity contribution in [1.82, 2.24) is 0 Å². The van der Waals surface area contributed by atoms with E-state index < -0.39 is 8.07 Å². The molecule has 1 aliphatic rings. The van der Waals surface area contributed by atoms with Crippen LogP contribution in [0.1, 0.15) is 0 Å². The van der Waals surface area contributed by atoms with Gasteiger partial charge in [-0.3, -0.25) is 0 Å². The van der Waals surface area contributed by atoms with Crippen molar-refractivity contribution < 1.29 is 0 Å². The zero-order chi connectivity index (χ0) is 31.8. The minimum atomic E-state index is -2.05. The molecular weight excluding hydrogens is 585 g/mol. The highest BCUT2D eigenvalue weighted by Crippen LogP contribution is 2.44. The number of para-hydroxylation sites is 3. The monoisotopic (exact) mass is 620 g/mol. The van der Waals surface area contributed by atoms with Gasteiger partial charge in [0.15, 0.2) is 0 Å². The zero-order valence-electron chi connectivity index (χ0n) is 26.7. The molecular formula is C44H36N2Si. The van der Waals surface area contributed by atoms with Crippen molar-refractivity contribution in [1.29, 1.82) is 0 Å². The SMILES string of the molecule is C[Si]1(C)c2cc(N(c3ccccc3)c3ccc(-c4ccccc4)cc3)ccc2-c2c(N(c3ccccc3)c3ccccc3)cccc21. The van der Waals surface area contributed by atoms with Gasteiger partial charge in [-0.2, -0.15) is 0 Å². The molecule has 0 spiro atoms. The molecule has 7 aromatic carbocycles. The van der Waals surface area contributed by atoms with Crippen LogP contribution >= 0.6 is 0 Å². The molecule has 0 unspecified atom stereocenters. The van der Waals surface area contributed by atoms with Gasteiger partial charge < -0.3 is 9.80 Å². The summed E-state index contributed by atoms with van der Waals surface area (Å²) < 4.78 is 0. The molecule has 0 aromatic heterocycles. The van der Waals surface area contributed by atoms with E-state index in [4.69, 9.17) is 0 Å². The first-order valence-corrected chi connectivity index (χ1v) is 19.3. The molecule has 0 amide bonds. The van der Waals surface area contributed by atoms with Crippen molar-refractivity contribution in [2.45, 2.75) is 13.1 Å². The van der Waals surface area contributed by atoms with Crippen LogP contribution in [0.25, 0.3) is 22.3 Å². The molecule has 0 fully saturated rings. The van der Waals surface area contributed by atoms with Crippen molar-refractivity contribution in [2.75, 3.05) is 9.80 Å². The second-order valence-electron chi connectivity index (χ2n) is 12.6. The first-order chi connectivity index (χ1) is 23.1. The lowest BCUT2D eigenvalue weighted by atomic mass is 10.0. The fraction of sp³-hybridized carbons (Fsp3) is 0.0455. The van der Waals surface area contributed by atoms with Crippen LogP contribution in [0.15, 0.2) is 182 Å². The lowest BCUT2D eigenvalue weighted by molar-refractivity contribution is 1.28. The van der Waals surface area contributed by atoms with Crippen LogP contribution < -0.4 is 20.2 Å². The number of anilines is 6. The highest BCUT2D eigenvalue weighted by molar-refractivity contribution is 7.04. The van der Waals surface area contributed by atoms with Gasteiger partial charge in [0, 0.05) is 34.0 Å². The number of fused-ring (bicyclic) bond motifs is 3. The lowest BCUT2D eigenvalue weighted by Crippen LogP contribution is -2.49. The van der Waals surface area contributed by atoms with E-state index in [0.29, 0.717) is 0 Å². The molecule has 0 atom stereocenters. The molecule has 226 valence electrons. The first kappa shape index (κ1) is 28.8. The van der Waals surface area contributed by atoms with Crippen LogP contribution in [0.3, 0.4) is 0 Å². The zero-order valence-corrected chi connectivity index (χ0v) is 27.7. The predicted molar refractivity (Wildman–Crippen MR) is 203 cm³/mol. The maximum Gasteiger partial charge on any atom is 0.114 e. The number of nitrogens with zero attached hydrogens (tertiary/aromatic N) is 2. The van der Waals surface area contributed by atoms with Gasteiger partial charge in [-0.05, 0) is 93.8 Å². The normalized spacial score (nSPS) is 12.6. The topological polar surface area (TPSA) is 6.48 Å². The van der Waals surface area contributed by atoms with Gasteiger partial charge in [-0.15, -0.1) is 0 Å². The first-order valence-electron chi connectivity index (χ1n) is 16.3. The van der Waals surface area contributed by atoms with Gasteiger partial charge in [-0.25, -0.2) is 0 Å². The van der Waals surface area contributed by atoms with Crippen molar-refractivity contribution in [2.24, 2.45) is 0 Å². The van der Waals surface area contributed by atoms with Gasteiger partial charge in [0.1, 0.15) is 8.07 Å². The van der Waals surface area contributed by atoms with E-state index in [1.165, 1.54) is 44.0 Å². The Balaban J connectivity index is 1.27. The van der Waals surface area contributed by atoms with E-state index in [2.05, 4.69) is 205 Å². The summed E-state index contributed by atoms with van der Waals surface area (Å²) in [5, 5.41) is 2.96. The number of benzene rings is 7. The summed E-state index contributed by atoms with van der Waals surface area (Å²) in [6, 6.07) is 65.8. The van der Waals surface area contributed by atoms with Crippen LogP contribution in [0, 0.1) is 0 Å². The highest BCUT2D eigenvalue weighted by atomic mass is 28.3. The number of hydrogen-bond acceptors (Lipinski definition) is 2. The Kier molecular flexibility index (Phi) is 7.32. The Morgan fingerprint density at radius 2 is 0.830 bits per heavy atom. The molecule has 0 radical (unpaired) electrons. The Morgan fingerprint density at radius 3 is 1.40 bits per heavy atom. The second kappa shape index (κ2) is 11.9. The molecule has 0 saturated heterocycles. The molecule has 0 saturated carbocycles. The molecule has 7 aromatic rings. The second-order valence-corrected chi connectivity index (χ2v) is 17.0. The molecule has 1 aliphatic heterocycles. The smallest absolute Gasteiger partial charge is 0.114 e. The van der Waals surface area contributed by atoms with Gasteiger partial charge >= 0.3 is 0 Å². The van der Waals surface area contributed by atoms with Crippen LogP contribution in [-0.4, -0.2) is 8.07 Å². The minimum Gasteiger partial charge on any atom is -0.311 e. The van der Waals surface area contributed by atoms with E-state index >= 15 is 0 Å². The molecule has 3 heteroatoms. The van der Waals surface area contributed by atoms with Gasteiger partial charge in [0.05, 0.1) is 5.69 Å². The van der Waals surface area contributed by atoms with Gasteiger partial charge in [0.2, 0.25) is 0 Å². The van der Waals surface area contributed by atoms with Crippen molar-refractivity contribution in [3.63, 3.8) is 0 Å². The molecule has 47 heavy (non-hydrogen) atoms. The van der Waals surface area contributed by atoms with E-state index in [0.717, 1.165) is 22.7 Å². The van der Waals surface area contributed by atoms with E-state index in [-0.39, 0.29) is 0 Å². The standard InChI is InChI=1S/C44H36N2Si/c1-47(2)42-25-15-24-41(46(36-20-11-5-12-21-36)37-22-13-6-14-23-37)44(42)40-31-30-39(32-43(40)47)45(35-18-9-4-10-19-35)38-28-26-34(27-29-38)33-16-7-3-8-17-33/h3-32H,1-2H3. The van der Waals surface area contributed by atoms with E-state index in [1.54, 1.807) is 0 Å². The van der Waals surface area contributed by atoms with E-state index in [9.17, 15) is 0 Å². The summed E-state index contributed by atoms with van der Waals surface area (Å²) in [6.45, 7) is 5.00. The molecule has 1 heterocycles. The third-order valence-corrected chi connectivity index (χ3v) is 13.0. The van der Waals surface area contributed by atoms with Crippen molar-refractivity contribution in [3.8, 4) is 22.3 Å².